The van der Waals surface area contributed by atoms with Crippen molar-refractivity contribution >= 4 is 5.91 Å². The monoisotopic (exact) mass is 221 g/mol. The van der Waals surface area contributed by atoms with Crippen LogP contribution in [0.4, 0.5) is 0 Å². The van der Waals surface area contributed by atoms with E-state index in [0.717, 1.165) is 18.8 Å². The Morgan fingerprint density at radius 1 is 1.38 bits per heavy atom. The van der Waals surface area contributed by atoms with Crippen molar-refractivity contribution in [1.82, 2.24) is 5.32 Å². The lowest BCUT2D eigenvalue weighted by molar-refractivity contribution is 0.0921. The Balaban J connectivity index is 1.91. The second kappa shape index (κ2) is 4.73. The molecule has 16 heavy (non-hydrogen) atoms. The average molecular weight is 221 g/mol. The predicted octanol–water partition coefficient (Wildman–Crippen LogP) is 2.90. The van der Waals surface area contributed by atoms with Gasteiger partial charge in [0.2, 0.25) is 0 Å². The molecule has 0 radical (unpaired) electrons. The first-order chi connectivity index (χ1) is 7.66. The van der Waals surface area contributed by atoms with E-state index in [2.05, 4.69) is 12.2 Å². The molecule has 1 fully saturated rings. The molecule has 0 saturated heterocycles. The summed E-state index contributed by atoms with van der Waals surface area (Å²) in [4.78, 5) is 11.9. The number of hydrogen-bond acceptors (Lipinski definition) is 2. The number of carbonyl (C=O) groups excluding carboxylic acids is 1. The van der Waals surface area contributed by atoms with E-state index in [1.165, 1.54) is 12.8 Å². The molecule has 1 heterocycles. The summed E-state index contributed by atoms with van der Waals surface area (Å²) in [6, 6.07) is 2.08. The highest BCUT2D eigenvalue weighted by atomic mass is 16.3. The third kappa shape index (κ3) is 2.46. The van der Waals surface area contributed by atoms with Crippen molar-refractivity contribution in [2.24, 2.45) is 5.92 Å². The molecule has 0 spiro atoms. The Morgan fingerprint density at radius 2 is 2.06 bits per heavy atom. The number of rotatable bonds is 2. The summed E-state index contributed by atoms with van der Waals surface area (Å²) >= 11 is 0. The van der Waals surface area contributed by atoms with Crippen LogP contribution in [0.25, 0.3) is 0 Å². The molecule has 1 aliphatic carbocycles. The predicted molar refractivity (Wildman–Crippen MR) is 62.3 cm³/mol. The smallest absolute Gasteiger partial charge is 0.255 e. The van der Waals surface area contributed by atoms with Crippen molar-refractivity contribution in [3.05, 3.63) is 23.7 Å². The summed E-state index contributed by atoms with van der Waals surface area (Å²) in [5.74, 6) is 1.51. The maximum absolute atomic E-state index is 11.9. The fourth-order valence-corrected chi connectivity index (χ4v) is 2.29. The quantitative estimate of drug-likeness (QED) is 0.834. The fourth-order valence-electron chi connectivity index (χ4n) is 2.29. The first kappa shape index (κ1) is 11.2. The van der Waals surface area contributed by atoms with Gasteiger partial charge in [-0.2, -0.15) is 0 Å². The highest BCUT2D eigenvalue weighted by Gasteiger charge is 2.21. The minimum atomic E-state index is 0.00537. The van der Waals surface area contributed by atoms with Crippen LogP contribution >= 0.6 is 0 Å². The zero-order valence-corrected chi connectivity index (χ0v) is 9.95. The SMILES string of the molecule is Cc1occc1C(=O)NC1CCC(C)CC1. The van der Waals surface area contributed by atoms with E-state index in [-0.39, 0.29) is 5.91 Å². The van der Waals surface area contributed by atoms with Crippen molar-refractivity contribution in [2.75, 3.05) is 0 Å². The Kier molecular flexibility index (Phi) is 3.32. The van der Waals surface area contributed by atoms with Crippen molar-refractivity contribution in [2.45, 2.75) is 45.6 Å². The summed E-state index contributed by atoms with van der Waals surface area (Å²) in [7, 11) is 0. The van der Waals surface area contributed by atoms with E-state index >= 15 is 0 Å². The van der Waals surface area contributed by atoms with Crippen molar-refractivity contribution < 1.29 is 9.21 Å². The lowest BCUT2D eigenvalue weighted by Crippen LogP contribution is -2.37. The lowest BCUT2D eigenvalue weighted by atomic mass is 9.87. The molecule has 3 nitrogen and oxygen atoms in total. The number of hydrogen-bond donors (Lipinski definition) is 1. The van der Waals surface area contributed by atoms with Gasteiger partial charge in [-0.3, -0.25) is 4.79 Å². The number of furan rings is 1. The van der Waals surface area contributed by atoms with Gasteiger partial charge in [-0.15, -0.1) is 0 Å². The van der Waals surface area contributed by atoms with Gasteiger partial charge >= 0.3 is 0 Å². The molecule has 88 valence electrons. The van der Waals surface area contributed by atoms with E-state index in [4.69, 9.17) is 4.42 Å². The van der Waals surface area contributed by atoms with E-state index in [1.54, 1.807) is 12.3 Å². The summed E-state index contributed by atoms with van der Waals surface area (Å²) in [5, 5.41) is 3.08. The van der Waals surface area contributed by atoms with Crippen molar-refractivity contribution in [3.8, 4) is 0 Å². The Morgan fingerprint density at radius 3 is 2.62 bits per heavy atom. The Hall–Kier alpha value is -1.25. The third-order valence-electron chi connectivity index (χ3n) is 3.45. The molecular weight excluding hydrogens is 202 g/mol. The zero-order chi connectivity index (χ0) is 11.5. The van der Waals surface area contributed by atoms with Crippen LogP contribution in [0.2, 0.25) is 0 Å². The van der Waals surface area contributed by atoms with E-state index in [0.29, 0.717) is 17.4 Å². The van der Waals surface area contributed by atoms with Crippen LogP contribution < -0.4 is 5.32 Å². The van der Waals surface area contributed by atoms with E-state index in [1.807, 2.05) is 6.92 Å². The van der Waals surface area contributed by atoms with E-state index in [9.17, 15) is 4.79 Å². The van der Waals surface area contributed by atoms with Crippen molar-refractivity contribution in [1.29, 1.82) is 0 Å². The first-order valence-electron chi connectivity index (χ1n) is 6.01. The normalized spacial score (nSPS) is 25.4. The molecule has 1 aromatic heterocycles. The maximum atomic E-state index is 11.9. The van der Waals surface area contributed by atoms with Gasteiger partial charge in [0.1, 0.15) is 5.76 Å². The highest BCUT2D eigenvalue weighted by molar-refractivity contribution is 5.95. The van der Waals surface area contributed by atoms with Crippen LogP contribution in [-0.2, 0) is 0 Å². The van der Waals surface area contributed by atoms with Crippen LogP contribution in [0.15, 0.2) is 16.7 Å². The van der Waals surface area contributed by atoms with Crippen LogP contribution in [0, 0.1) is 12.8 Å². The van der Waals surface area contributed by atoms with Gasteiger partial charge in [0.05, 0.1) is 11.8 Å². The zero-order valence-electron chi connectivity index (χ0n) is 9.95. The molecule has 0 atom stereocenters. The van der Waals surface area contributed by atoms with Crippen LogP contribution in [0.5, 0.6) is 0 Å². The molecule has 1 aromatic rings. The summed E-state index contributed by atoms with van der Waals surface area (Å²) in [5.41, 5.74) is 0.665. The van der Waals surface area contributed by atoms with Crippen LogP contribution in [0.1, 0.15) is 48.7 Å². The van der Waals surface area contributed by atoms with Gasteiger partial charge in [0, 0.05) is 6.04 Å². The standard InChI is InChI=1S/C13H19NO2/c1-9-3-5-11(6-4-9)14-13(15)12-7-8-16-10(12)2/h7-9,11H,3-6H2,1-2H3,(H,14,15). The first-order valence-corrected chi connectivity index (χ1v) is 6.01. The molecule has 0 bridgehead atoms. The van der Waals surface area contributed by atoms with Gasteiger partial charge in [-0.25, -0.2) is 0 Å². The lowest BCUT2D eigenvalue weighted by Gasteiger charge is -2.26. The van der Waals surface area contributed by atoms with Crippen LogP contribution in [0.3, 0.4) is 0 Å². The van der Waals surface area contributed by atoms with Crippen LogP contribution in [-0.4, -0.2) is 11.9 Å². The summed E-state index contributed by atoms with van der Waals surface area (Å²) < 4.78 is 5.13. The Labute approximate surface area is 96.2 Å². The Bertz CT molecular complexity index is 362. The number of aryl methyl sites for hydroxylation is 1. The van der Waals surface area contributed by atoms with Gasteiger partial charge in [0.15, 0.2) is 0 Å². The molecular formula is C13H19NO2. The number of nitrogens with one attached hydrogen (secondary N) is 1. The number of carbonyl (C=O) groups is 1. The molecule has 1 saturated carbocycles. The van der Waals surface area contributed by atoms with E-state index < -0.39 is 0 Å². The van der Waals surface area contributed by atoms with Gasteiger partial charge in [-0.1, -0.05) is 6.92 Å². The molecule has 2 rings (SSSR count). The third-order valence-corrected chi connectivity index (χ3v) is 3.45. The van der Waals surface area contributed by atoms with Gasteiger partial charge in [-0.05, 0) is 44.6 Å². The second-order valence-corrected chi connectivity index (χ2v) is 4.82. The molecule has 0 unspecified atom stereocenters. The second-order valence-electron chi connectivity index (χ2n) is 4.82. The molecule has 3 heteroatoms. The minimum Gasteiger partial charge on any atom is -0.469 e. The molecule has 1 N–H and O–H groups in total. The summed E-state index contributed by atoms with van der Waals surface area (Å²) in [6.07, 6.45) is 6.20. The fraction of sp³-hybridized carbons (Fsp3) is 0.615. The highest BCUT2D eigenvalue weighted by Crippen LogP contribution is 2.23. The molecule has 0 aromatic carbocycles. The molecule has 1 aliphatic rings. The largest absolute Gasteiger partial charge is 0.469 e. The minimum absolute atomic E-state index is 0.00537. The molecule has 0 aliphatic heterocycles. The van der Waals surface area contributed by atoms with Crippen molar-refractivity contribution in [3.63, 3.8) is 0 Å². The molecule has 1 amide bonds. The van der Waals surface area contributed by atoms with Gasteiger partial charge in [0.25, 0.3) is 5.91 Å². The average Bonchev–Trinajstić information content (AvgIpc) is 2.68. The summed E-state index contributed by atoms with van der Waals surface area (Å²) in [6.45, 7) is 4.09. The maximum Gasteiger partial charge on any atom is 0.255 e. The number of amides is 1. The van der Waals surface area contributed by atoms with Gasteiger partial charge < -0.3 is 9.73 Å². The topological polar surface area (TPSA) is 42.2 Å².